The van der Waals surface area contributed by atoms with Crippen LogP contribution in [0.5, 0.6) is 0 Å². The zero-order chi connectivity index (χ0) is 23.1. The molecule has 1 aliphatic rings. The molecule has 6 rings (SSSR count). The highest BCUT2D eigenvalue weighted by Gasteiger charge is 2.24. The standard InChI is InChI=1S/C26H24N6O2/c33-25(27-18-12-13-22-23(16-18)29-30-28-22)17-11-14-24-21(15-17)26(34)32(20-9-5-2-6-10-20)31(24)19-7-3-1-4-8-19/h2,5-6,9-16,19H,1,3-4,7-8H2,(H,27,33)(H,28,29,30). The van der Waals surface area contributed by atoms with Gasteiger partial charge in [-0.25, -0.2) is 4.68 Å². The van der Waals surface area contributed by atoms with Crippen molar-refractivity contribution in [3.05, 3.63) is 82.6 Å². The number of hydrogen-bond acceptors (Lipinski definition) is 4. The Labute approximate surface area is 195 Å². The molecular weight excluding hydrogens is 428 g/mol. The molecular formula is C26H24N6O2. The van der Waals surface area contributed by atoms with Crippen LogP contribution in [0.1, 0.15) is 48.5 Å². The summed E-state index contributed by atoms with van der Waals surface area (Å²) < 4.78 is 3.92. The molecule has 0 radical (unpaired) electrons. The minimum atomic E-state index is -0.277. The number of fused-ring (bicyclic) bond motifs is 2. The fraction of sp³-hybridized carbons (Fsp3) is 0.231. The van der Waals surface area contributed by atoms with Gasteiger partial charge in [0.1, 0.15) is 5.52 Å². The van der Waals surface area contributed by atoms with Gasteiger partial charge < -0.3 is 5.32 Å². The summed E-state index contributed by atoms with van der Waals surface area (Å²) in [6.07, 6.45) is 5.63. The molecule has 1 saturated carbocycles. The summed E-state index contributed by atoms with van der Waals surface area (Å²) in [6, 6.07) is 20.8. The van der Waals surface area contributed by atoms with Gasteiger partial charge >= 0.3 is 0 Å². The Morgan fingerprint density at radius 2 is 1.79 bits per heavy atom. The van der Waals surface area contributed by atoms with Crippen LogP contribution in [0.3, 0.4) is 0 Å². The van der Waals surface area contributed by atoms with E-state index in [9.17, 15) is 9.59 Å². The van der Waals surface area contributed by atoms with Crippen LogP contribution in [0.15, 0.2) is 71.5 Å². The van der Waals surface area contributed by atoms with E-state index in [1.807, 2.05) is 42.5 Å². The number of carbonyl (C=O) groups is 1. The van der Waals surface area contributed by atoms with Gasteiger partial charge in [0, 0.05) is 11.3 Å². The van der Waals surface area contributed by atoms with Gasteiger partial charge in [0.25, 0.3) is 11.5 Å². The summed E-state index contributed by atoms with van der Waals surface area (Å²) in [6.45, 7) is 0. The van der Waals surface area contributed by atoms with Crippen molar-refractivity contribution < 1.29 is 4.79 Å². The van der Waals surface area contributed by atoms with Crippen LogP contribution in [0.4, 0.5) is 5.69 Å². The van der Waals surface area contributed by atoms with Crippen LogP contribution >= 0.6 is 0 Å². The van der Waals surface area contributed by atoms with Crippen molar-refractivity contribution in [3.8, 4) is 5.69 Å². The summed E-state index contributed by atoms with van der Waals surface area (Å²) in [4.78, 5) is 26.7. The fourth-order valence-corrected chi connectivity index (χ4v) is 4.99. The maximum absolute atomic E-state index is 13.6. The number of aromatic amines is 1. The van der Waals surface area contributed by atoms with E-state index < -0.39 is 0 Å². The summed E-state index contributed by atoms with van der Waals surface area (Å²) in [5.41, 5.74) is 4.11. The Hall–Kier alpha value is -4.20. The lowest BCUT2D eigenvalue weighted by atomic mass is 9.95. The lowest BCUT2D eigenvalue weighted by Crippen LogP contribution is -2.25. The molecule has 2 heterocycles. The first-order chi connectivity index (χ1) is 16.7. The molecule has 2 aromatic heterocycles. The Bertz CT molecular complexity index is 1560. The van der Waals surface area contributed by atoms with Gasteiger partial charge in [-0.15, -0.1) is 5.10 Å². The Morgan fingerprint density at radius 1 is 0.971 bits per heavy atom. The molecule has 0 spiro atoms. The van der Waals surface area contributed by atoms with Gasteiger partial charge in [0.15, 0.2) is 0 Å². The zero-order valence-electron chi connectivity index (χ0n) is 18.6. The minimum absolute atomic E-state index is 0.106. The van der Waals surface area contributed by atoms with Crippen LogP contribution < -0.4 is 10.9 Å². The number of rotatable bonds is 4. The third-order valence-electron chi connectivity index (χ3n) is 6.65. The number of nitrogens with zero attached hydrogens (tertiary/aromatic N) is 4. The first kappa shape index (κ1) is 20.4. The van der Waals surface area contributed by atoms with Crippen molar-refractivity contribution in [1.82, 2.24) is 24.8 Å². The predicted molar refractivity (Wildman–Crippen MR) is 131 cm³/mol. The topological polar surface area (TPSA) is 97.6 Å². The number of nitrogens with one attached hydrogen (secondary N) is 2. The van der Waals surface area contributed by atoms with Gasteiger partial charge in [-0.05, 0) is 61.4 Å². The van der Waals surface area contributed by atoms with Crippen molar-refractivity contribution in [1.29, 1.82) is 0 Å². The van der Waals surface area contributed by atoms with E-state index in [0.29, 0.717) is 22.2 Å². The fourth-order valence-electron chi connectivity index (χ4n) is 4.99. The molecule has 8 heteroatoms. The molecule has 1 fully saturated rings. The number of H-pyrrole nitrogens is 1. The Morgan fingerprint density at radius 3 is 2.62 bits per heavy atom. The zero-order valence-corrected chi connectivity index (χ0v) is 18.6. The quantitative estimate of drug-likeness (QED) is 0.408. The van der Waals surface area contributed by atoms with Crippen LogP contribution in [0.25, 0.3) is 27.6 Å². The first-order valence-electron chi connectivity index (χ1n) is 11.6. The van der Waals surface area contributed by atoms with Crippen LogP contribution in [0, 0.1) is 0 Å². The van der Waals surface area contributed by atoms with Crippen molar-refractivity contribution in [2.75, 3.05) is 5.32 Å². The van der Waals surface area contributed by atoms with Crippen LogP contribution in [-0.2, 0) is 0 Å². The molecule has 8 nitrogen and oxygen atoms in total. The molecule has 34 heavy (non-hydrogen) atoms. The Balaban J connectivity index is 1.42. The SMILES string of the molecule is O=C(Nc1ccc2[nH]nnc2c1)c1ccc2c(c1)c(=O)n(-c1ccccc1)n2C1CCCCC1. The lowest BCUT2D eigenvalue weighted by molar-refractivity contribution is 0.102. The molecule has 0 atom stereocenters. The number of hydrogen-bond donors (Lipinski definition) is 2. The molecule has 1 aliphatic carbocycles. The maximum atomic E-state index is 13.6. The molecule has 0 aliphatic heterocycles. The van der Waals surface area contributed by atoms with Crippen molar-refractivity contribution in [2.24, 2.45) is 0 Å². The third-order valence-corrected chi connectivity index (χ3v) is 6.65. The number of anilines is 1. The molecule has 170 valence electrons. The van der Waals surface area contributed by atoms with Gasteiger partial charge in [0.2, 0.25) is 0 Å². The second-order valence-electron chi connectivity index (χ2n) is 8.82. The van der Waals surface area contributed by atoms with Gasteiger partial charge in [-0.1, -0.05) is 42.7 Å². The largest absolute Gasteiger partial charge is 0.322 e. The lowest BCUT2D eigenvalue weighted by Gasteiger charge is -2.26. The first-order valence-corrected chi connectivity index (χ1v) is 11.6. The summed E-state index contributed by atoms with van der Waals surface area (Å²) in [5.74, 6) is -0.277. The maximum Gasteiger partial charge on any atom is 0.279 e. The van der Waals surface area contributed by atoms with E-state index in [2.05, 4.69) is 25.4 Å². The van der Waals surface area contributed by atoms with Crippen molar-refractivity contribution in [3.63, 3.8) is 0 Å². The van der Waals surface area contributed by atoms with E-state index >= 15 is 0 Å². The summed E-state index contributed by atoms with van der Waals surface area (Å²) >= 11 is 0. The average molecular weight is 453 g/mol. The molecule has 2 N–H and O–H groups in total. The van der Waals surface area contributed by atoms with E-state index in [1.165, 1.54) is 6.42 Å². The highest BCUT2D eigenvalue weighted by atomic mass is 16.2. The van der Waals surface area contributed by atoms with E-state index in [0.717, 1.165) is 42.4 Å². The molecule has 5 aromatic rings. The molecule has 0 saturated heterocycles. The van der Waals surface area contributed by atoms with Crippen LogP contribution in [0.2, 0.25) is 0 Å². The number of carbonyl (C=O) groups excluding carboxylic acids is 1. The molecule has 1 amide bonds. The Kier molecular flexibility index (Phi) is 4.98. The molecule has 0 bridgehead atoms. The van der Waals surface area contributed by atoms with Gasteiger partial charge in [-0.2, -0.15) is 0 Å². The number of para-hydroxylation sites is 1. The monoisotopic (exact) mass is 452 g/mol. The number of amides is 1. The normalized spacial score (nSPS) is 14.6. The van der Waals surface area contributed by atoms with E-state index in [1.54, 1.807) is 28.9 Å². The average Bonchev–Trinajstić information content (AvgIpc) is 3.46. The predicted octanol–water partition coefficient (Wildman–Crippen LogP) is 4.82. The van der Waals surface area contributed by atoms with E-state index in [-0.39, 0.29) is 17.5 Å². The van der Waals surface area contributed by atoms with Crippen molar-refractivity contribution >= 4 is 33.5 Å². The smallest absolute Gasteiger partial charge is 0.279 e. The van der Waals surface area contributed by atoms with Gasteiger partial charge in [-0.3, -0.25) is 19.4 Å². The van der Waals surface area contributed by atoms with Crippen molar-refractivity contribution in [2.45, 2.75) is 38.1 Å². The van der Waals surface area contributed by atoms with Crippen LogP contribution in [-0.4, -0.2) is 30.7 Å². The highest BCUT2D eigenvalue weighted by molar-refractivity contribution is 6.06. The second-order valence-corrected chi connectivity index (χ2v) is 8.82. The molecule has 0 unspecified atom stereocenters. The second kappa shape index (κ2) is 8.30. The number of aromatic nitrogens is 5. The molecule has 3 aromatic carbocycles. The van der Waals surface area contributed by atoms with E-state index in [4.69, 9.17) is 0 Å². The number of benzene rings is 3. The minimum Gasteiger partial charge on any atom is -0.322 e. The summed E-state index contributed by atoms with van der Waals surface area (Å²) in [5, 5.41) is 14.0. The highest BCUT2D eigenvalue weighted by Crippen LogP contribution is 2.32. The van der Waals surface area contributed by atoms with Gasteiger partial charge in [0.05, 0.1) is 28.1 Å². The summed E-state index contributed by atoms with van der Waals surface area (Å²) in [7, 11) is 0. The third kappa shape index (κ3) is 3.48.